The Morgan fingerprint density at radius 2 is 0.877 bits per heavy atom. The van der Waals surface area contributed by atoms with Gasteiger partial charge in [0, 0.05) is 76.7 Å². The van der Waals surface area contributed by atoms with Crippen molar-refractivity contribution in [3.63, 3.8) is 0 Å². The van der Waals surface area contributed by atoms with Gasteiger partial charge >= 0.3 is 59.7 Å². The summed E-state index contributed by atoms with van der Waals surface area (Å²) in [4.78, 5) is 125. The SMILES string of the molecule is COC(=O)C1=C[C@H](OC(=O)CCCCCCCC(OC(C)=O)C(CCCCCCOC(C)=O)OC(C)=O)[C@@]23C[C@@H]1[C@@](C)(COC(=O)CCCCCCCC(OC(C)=O)C(CCCCCCOC(C)=O)OC(C)=O)[C@H]2CC[C@H]3C(=O)OC. The van der Waals surface area contributed by atoms with Crippen molar-refractivity contribution in [2.45, 2.75) is 252 Å². The Morgan fingerprint density at radius 1 is 0.481 bits per heavy atom. The molecule has 0 aromatic heterocycles. The van der Waals surface area contributed by atoms with Crippen LogP contribution in [-0.4, -0.2) is 124 Å². The Morgan fingerprint density at radius 3 is 1.27 bits per heavy atom. The van der Waals surface area contributed by atoms with Crippen LogP contribution in [0.4, 0.5) is 0 Å². The predicted octanol–water partition coefficient (Wildman–Crippen LogP) is 9.98. The summed E-state index contributed by atoms with van der Waals surface area (Å²) in [6.07, 6.45) is 15.3. The first-order chi connectivity index (χ1) is 38.6. The molecule has 3 aliphatic carbocycles. The van der Waals surface area contributed by atoms with E-state index in [9.17, 15) is 47.9 Å². The van der Waals surface area contributed by atoms with Crippen molar-refractivity contribution in [1.29, 1.82) is 0 Å². The summed E-state index contributed by atoms with van der Waals surface area (Å²) in [6.45, 7) is 10.7. The molecule has 2 fully saturated rings. The van der Waals surface area contributed by atoms with E-state index in [2.05, 4.69) is 0 Å². The zero-order chi connectivity index (χ0) is 60.0. The van der Waals surface area contributed by atoms with Crippen LogP contribution in [0.2, 0.25) is 0 Å². The molecule has 2 bridgehead atoms. The van der Waals surface area contributed by atoms with E-state index >= 15 is 0 Å². The quantitative estimate of drug-likeness (QED) is 0.0313. The largest absolute Gasteiger partial charge is 0.469 e. The van der Waals surface area contributed by atoms with Crippen LogP contribution in [0.25, 0.3) is 0 Å². The van der Waals surface area contributed by atoms with E-state index in [0.717, 1.165) is 83.5 Å². The molecule has 1 spiro atoms. The van der Waals surface area contributed by atoms with Gasteiger partial charge in [0.05, 0.1) is 40.0 Å². The molecule has 460 valence electrons. The highest BCUT2D eigenvalue weighted by molar-refractivity contribution is 5.90. The molecule has 20 heteroatoms. The Hall–Kier alpha value is -5.56. The van der Waals surface area contributed by atoms with Crippen molar-refractivity contribution in [3.8, 4) is 0 Å². The second kappa shape index (κ2) is 36.8. The van der Waals surface area contributed by atoms with Gasteiger partial charge in [0.25, 0.3) is 0 Å². The predicted molar refractivity (Wildman–Crippen MR) is 294 cm³/mol. The zero-order valence-electron chi connectivity index (χ0n) is 50.1. The highest BCUT2D eigenvalue weighted by atomic mass is 16.6. The topological polar surface area (TPSA) is 263 Å². The first-order valence-electron chi connectivity index (χ1n) is 29.8. The molecule has 2 saturated carbocycles. The van der Waals surface area contributed by atoms with Gasteiger partial charge in [-0.1, -0.05) is 71.1 Å². The summed E-state index contributed by atoms with van der Waals surface area (Å²) in [5.74, 6) is -5.73. The van der Waals surface area contributed by atoms with E-state index in [4.69, 9.17) is 47.4 Å². The number of esters is 10. The minimum atomic E-state index is -0.943. The smallest absolute Gasteiger partial charge is 0.333 e. The zero-order valence-corrected chi connectivity index (χ0v) is 50.1. The molecule has 81 heavy (non-hydrogen) atoms. The number of carbonyl (C=O) groups is 10. The Kier molecular flexibility index (Phi) is 31.7. The van der Waals surface area contributed by atoms with Gasteiger partial charge in [-0.2, -0.15) is 0 Å². The molecule has 0 aromatic rings. The second-order valence-electron chi connectivity index (χ2n) is 22.6. The number of hydrogen-bond acceptors (Lipinski definition) is 20. The Balaban J connectivity index is 1.55. The van der Waals surface area contributed by atoms with E-state index < -0.39 is 95.0 Å². The van der Waals surface area contributed by atoms with Crippen LogP contribution in [0.5, 0.6) is 0 Å². The standard InChI is InChI=1S/C61H96O20/c1-41(62)74-36-26-18-16-22-30-52(79-45(5)66)50(77-43(3)64)28-20-12-10-14-24-32-56(68)76-40-60(7)49-39-61(48(59(71)73-9)34-35-54(60)61)55(38-47(49)58(70)72-8)81-57(69)33-25-15-11-13-21-29-51(78-44(4)65)53(80-46(6)67)31-23-17-19-27-37-75-42(2)63/h38,48-55H,10-37,39-40H2,1-9H3/t48-,49-,50?,51?,52?,53?,54+,55-,60+,61+/m0/s1. The third kappa shape index (κ3) is 23.7. The van der Waals surface area contributed by atoms with Crippen LogP contribution >= 0.6 is 0 Å². The van der Waals surface area contributed by atoms with Crippen molar-refractivity contribution in [3.05, 3.63) is 11.6 Å². The van der Waals surface area contributed by atoms with Crippen molar-refractivity contribution >= 4 is 59.7 Å². The lowest BCUT2D eigenvalue weighted by Crippen LogP contribution is -2.48. The third-order valence-corrected chi connectivity index (χ3v) is 16.4. The van der Waals surface area contributed by atoms with Crippen molar-refractivity contribution in [1.82, 2.24) is 0 Å². The third-order valence-electron chi connectivity index (χ3n) is 16.4. The highest BCUT2D eigenvalue weighted by Gasteiger charge is 2.73. The van der Waals surface area contributed by atoms with Crippen LogP contribution in [0, 0.1) is 28.6 Å². The monoisotopic (exact) mass is 1150 g/mol. The summed E-state index contributed by atoms with van der Waals surface area (Å²) in [6, 6.07) is 0. The van der Waals surface area contributed by atoms with Gasteiger partial charge in [0.2, 0.25) is 0 Å². The summed E-state index contributed by atoms with van der Waals surface area (Å²) < 4.78 is 55.4. The summed E-state index contributed by atoms with van der Waals surface area (Å²) in [5.41, 5.74) is -1.41. The van der Waals surface area contributed by atoms with Crippen molar-refractivity contribution in [2.24, 2.45) is 28.6 Å². The highest BCUT2D eigenvalue weighted by Crippen LogP contribution is 2.72. The molecule has 3 rings (SSSR count). The molecule has 0 saturated heterocycles. The molecule has 3 aliphatic rings. The second-order valence-corrected chi connectivity index (χ2v) is 22.6. The maximum Gasteiger partial charge on any atom is 0.333 e. The number of hydrogen-bond donors (Lipinski definition) is 0. The molecule has 0 aliphatic heterocycles. The average molecular weight is 1150 g/mol. The number of unbranched alkanes of at least 4 members (excludes halogenated alkanes) is 14. The van der Waals surface area contributed by atoms with Gasteiger partial charge in [-0.05, 0) is 108 Å². The van der Waals surface area contributed by atoms with Gasteiger partial charge in [-0.15, -0.1) is 0 Å². The summed E-state index contributed by atoms with van der Waals surface area (Å²) in [7, 11) is 2.62. The Bertz CT molecular complexity index is 2080. The Labute approximate surface area is 480 Å². The fraction of sp³-hybridized carbons (Fsp3) is 0.803. The van der Waals surface area contributed by atoms with Crippen LogP contribution in [-0.2, 0) is 95.3 Å². The lowest BCUT2D eigenvalue weighted by atomic mass is 9.65. The lowest BCUT2D eigenvalue weighted by Gasteiger charge is -2.42. The maximum absolute atomic E-state index is 13.8. The van der Waals surface area contributed by atoms with Gasteiger partial charge in [-0.25, -0.2) is 4.79 Å². The minimum absolute atomic E-state index is 0.0205. The fourth-order valence-electron chi connectivity index (χ4n) is 12.7. The van der Waals surface area contributed by atoms with Gasteiger partial charge in [0.1, 0.15) is 30.5 Å². The van der Waals surface area contributed by atoms with E-state index in [1.54, 1.807) is 6.08 Å². The normalized spacial score (nSPS) is 22.1. The lowest BCUT2D eigenvalue weighted by molar-refractivity contribution is -0.166. The number of carbonyl (C=O) groups excluding carboxylic acids is 10. The first kappa shape index (κ1) is 69.7. The molecule has 0 radical (unpaired) electrons. The number of rotatable bonds is 41. The molecule has 0 amide bonds. The summed E-state index contributed by atoms with van der Waals surface area (Å²) in [5, 5.41) is 0. The van der Waals surface area contributed by atoms with Crippen LogP contribution in [0.3, 0.4) is 0 Å². The molecule has 20 nitrogen and oxygen atoms in total. The van der Waals surface area contributed by atoms with Crippen molar-refractivity contribution < 1.29 is 95.3 Å². The molecule has 0 aromatic carbocycles. The van der Waals surface area contributed by atoms with Crippen LogP contribution in [0.15, 0.2) is 11.6 Å². The summed E-state index contributed by atoms with van der Waals surface area (Å²) >= 11 is 0. The number of methoxy groups -OCH3 is 2. The van der Waals surface area contributed by atoms with Crippen LogP contribution in [0.1, 0.15) is 222 Å². The molecule has 4 unspecified atom stereocenters. The van der Waals surface area contributed by atoms with Crippen LogP contribution < -0.4 is 0 Å². The molecular formula is C61H96O20. The number of ether oxygens (including phenoxy) is 10. The van der Waals surface area contributed by atoms with Gasteiger partial charge in [-0.3, -0.25) is 43.2 Å². The molecule has 10 atom stereocenters. The fourth-order valence-corrected chi connectivity index (χ4v) is 12.7. The minimum Gasteiger partial charge on any atom is -0.469 e. The van der Waals surface area contributed by atoms with Crippen molar-refractivity contribution in [2.75, 3.05) is 34.0 Å². The number of fused-ring (bicyclic) bond motifs is 1. The van der Waals surface area contributed by atoms with E-state index in [-0.39, 0.29) is 43.3 Å². The average Bonchev–Trinajstić information content (AvgIpc) is 2.30. The first-order valence-corrected chi connectivity index (χ1v) is 29.8. The van der Waals surface area contributed by atoms with E-state index in [1.165, 1.54) is 55.8 Å². The van der Waals surface area contributed by atoms with Gasteiger partial charge in [0.15, 0.2) is 0 Å². The van der Waals surface area contributed by atoms with Gasteiger partial charge < -0.3 is 47.4 Å². The molecular weight excluding hydrogens is 1050 g/mol. The molecule has 0 heterocycles. The maximum atomic E-state index is 13.8. The van der Waals surface area contributed by atoms with E-state index in [1.807, 2.05) is 6.92 Å². The molecule has 0 N–H and O–H groups in total. The van der Waals surface area contributed by atoms with E-state index in [0.29, 0.717) is 95.8 Å².